The maximum absolute atomic E-state index is 12.5. The third-order valence-corrected chi connectivity index (χ3v) is 3.99. The fourth-order valence-electron chi connectivity index (χ4n) is 2.95. The Balaban J connectivity index is 2.14. The van der Waals surface area contributed by atoms with E-state index in [4.69, 9.17) is 0 Å². The van der Waals surface area contributed by atoms with E-state index in [0.717, 1.165) is 19.6 Å². The Hall–Kier alpha value is -1.35. The van der Waals surface area contributed by atoms with Gasteiger partial charge in [-0.15, -0.1) is 0 Å². The topological polar surface area (TPSA) is 32.3 Å². The van der Waals surface area contributed by atoms with Gasteiger partial charge in [0, 0.05) is 25.7 Å². The first kappa shape index (κ1) is 14.1. The number of amides is 1. The van der Waals surface area contributed by atoms with E-state index in [1.165, 1.54) is 22.3 Å². The van der Waals surface area contributed by atoms with Crippen molar-refractivity contribution in [3.63, 3.8) is 0 Å². The molecule has 0 bridgehead atoms. The quantitative estimate of drug-likeness (QED) is 0.882. The number of benzene rings is 1. The number of nitrogens with zero attached hydrogens (tertiary/aromatic N) is 1. The maximum atomic E-state index is 12.5. The van der Waals surface area contributed by atoms with Gasteiger partial charge in [-0.3, -0.25) is 4.79 Å². The second-order valence-electron chi connectivity index (χ2n) is 5.69. The van der Waals surface area contributed by atoms with Gasteiger partial charge in [-0.1, -0.05) is 17.7 Å². The average molecular weight is 260 g/mol. The smallest absolute Gasteiger partial charge is 0.227 e. The maximum Gasteiger partial charge on any atom is 0.227 e. The summed E-state index contributed by atoms with van der Waals surface area (Å²) < 4.78 is 0. The van der Waals surface area contributed by atoms with Crippen molar-refractivity contribution in [2.75, 3.05) is 19.6 Å². The Morgan fingerprint density at radius 1 is 1.32 bits per heavy atom. The molecule has 1 amide bonds. The summed E-state index contributed by atoms with van der Waals surface area (Å²) in [5.74, 6) is 0.254. The van der Waals surface area contributed by atoms with Gasteiger partial charge < -0.3 is 10.2 Å². The molecular weight excluding hydrogens is 236 g/mol. The number of carbonyl (C=O) groups is 1. The summed E-state index contributed by atoms with van der Waals surface area (Å²) in [4.78, 5) is 14.5. The second kappa shape index (κ2) is 5.74. The lowest BCUT2D eigenvalue weighted by atomic mass is 9.96. The van der Waals surface area contributed by atoms with Crippen molar-refractivity contribution in [3.05, 3.63) is 34.4 Å². The van der Waals surface area contributed by atoms with Crippen molar-refractivity contribution < 1.29 is 4.79 Å². The predicted octanol–water partition coefficient (Wildman–Crippen LogP) is 1.97. The van der Waals surface area contributed by atoms with Crippen molar-refractivity contribution in [1.82, 2.24) is 10.2 Å². The van der Waals surface area contributed by atoms with Crippen molar-refractivity contribution in [2.24, 2.45) is 0 Å². The highest BCUT2D eigenvalue weighted by atomic mass is 16.2. The minimum absolute atomic E-state index is 0.254. The lowest BCUT2D eigenvalue weighted by Crippen LogP contribution is -2.52. The van der Waals surface area contributed by atoms with Crippen LogP contribution in [0, 0.1) is 20.8 Å². The van der Waals surface area contributed by atoms with E-state index in [9.17, 15) is 4.79 Å². The minimum Gasteiger partial charge on any atom is -0.337 e. The summed E-state index contributed by atoms with van der Waals surface area (Å²) >= 11 is 0. The molecule has 0 aliphatic carbocycles. The van der Waals surface area contributed by atoms with Crippen molar-refractivity contribution in [2.45, 2.75) is 40.2 Å². The molecule has 104 valence electrons. The van der Waals surface area contributed by atoms with Gasteiger partial charge in [0.1, 0.15) is 0 Å². The summed E-state index contributed by atoms with van der Waals surface area (Å²) in [6.45, 7) is 11.0. The standard InChI is InChI=1S/C16H24N2O/c1-11-7-12(2)15(13(3)8-11)9-16(19)18-6-5-17-10-14(18)4/h7-8,14,17H,5-6,9-10H2,1-4H3. The van der Waals surface area contributed by atoms with E-state index in [0.29, 0.717) is 12.5 Å². The SMILES string of the molecule is Cc1cc(C)c(CC(=O)N2CCNCC2C)c(C)c1. The Labute approximate surface area is 116 Å². The van der Waals surface area contributed by atoms with Gasteiger partial charge >= 0.3 is 0 Å². The van der Waals surface area contributed by atoms with E-state index in [-0.39, 0.29) is 5.91 Å². The second-order valence-corrected chi connectivity index (χ2v) is 5.69. The van der Waals surface area contributed by atoms with Gasteiger partial charge in [0.05, 0.1) is 6.42 Å². The zero-order valence-corrected chi connectivity index (χ0v) is 12.4. The van der Waals surface area contributed by atoms with Crippen LogP contribution in [0.5, 0.6) is 0 Å². The highest BCUT2D eigenvalue weighted by Gasteiger charge is 2.23. The van der Waals surface area contributed by atoms with Crippen LogP contribution in [0.2, 0.25) is 0 Å². The van der Waals surface area contributed by atoms with E-state index >= 15 is 0 Å². The van der Waals surface area contributed by atoms with Gasteiger partial charge in [-0.25, -0.2) is 0 Å². The third kappa shape index (κ3) is 3.16. The number of carbonyl (C=O) groups excluding carboxylic acids is 1. The van der Waals surface area contributed by atoms with Crippen molar-refractivity contribution in [3.8, 4) is 0 Å². The summed E-state index contributed by atoms with van der Waals surface area (Å²) in [6, 6.07) is 4.63. The van der Waals surface area contributed by atoms with Crippen LogP contribution in [0.1, 0.15) is 29.2 Å². The van der Waals surface area contributed by atoms with Crippen LogP contribution < -0.4 is 5.32 Å². The Morgan fingerprint density at radius 3 is 2.53 bits per heavy atom. The van der Waals surface area contributed by atoms with Crippen molar-refractivity contribution in [1.29, 1.82) is 0 Å². The van der Waals surface area contributed by atoms with Gasteiger partial charge in [0.15, 0.2) is 0 Å². The monoisotopic (exact) mass is 260 g/mol. The number of piperazine rings is 1. The summed E-state index contributed by atoms with van der Waals surface area (Å²) in [7, 11) is 0. The first-order valence-electron chi connectivity index (χ1n) is 7.06. The van der Waals surface area contributed by atoms with Crippen LogP contribution in [0.4, 0.5) is 0 Å². The molecule has 1 fully saturated rings. The number of rotatable bonds is 2. The largest absolute Gasteiger partial charge is 0.337 e. The molecule has 1 N–H and O–H groups in total. The molecule has 2 rings (SSSR count). The van der Waals surface area contributed by atoms with Crippen LogP contribution in [0.3, 0.4) is 0 Å². The molecule has 1 aromatic rings. The normalized spacial score (nSPS) is 19.6. The minimum atomic E-state index is 0.254. The van der Waals surface area contributed by atoms with Crippen LogP contribution in [-0.2, 0) is 11.2 Å². The number of aryl methyl sites for hydroxylation is 3. The zero-order valence-electron chi connectivity index (χ0n) is 12.4. The molecule has 1 unspecified atom stereocenters. The third-order valence-electron chi connectivity index (χ3n) is 3.99. The molecule has 1 aliphatic rings. The number of hydrogen-bond donors (Lipinski definition) is 1. The highest BCUT2D eigenvalue weighted by molar-refractivity contribution is 5.80. The average Bonchev–Trinajstić information content (AvgIpc) is 2.34. The molecule has 1 heterocycles. The zero-order chi connectivity index (χ0) is 14.0. The summed E-state index contributed by atoms with van der Waals surface area (Å²) in [5.41, 5.74) is 4.92. The van der Waals surface area contributed by atoms with Gasteiger partial charge in [0.2, 0.25) is 5.91 Å². The first-order valence-corrected chi connectivity index (χ1v) is 7.06. The van der Waals surface area contributed by atoms with Gasteiger partial charge in [-0.05, 0) is 44.4 Å². The van der Waals surface area contributed by atoms with E-state index in [1.54, 1.807) is 0 Å². The fraction of sp³-hybridized carbons (Fsp3) is 0.562. The van der Waals surface area contributed by atoms with E-state index < -0.39 is 0 Å². The molecular formula is C16H24N2O. The van der Waals surface area contributed by atoms with Crippen molar-refractivity contribution >= 4 is 5.91 Å². The predicted molar refractivity (Wildman–Crippen MR) is 78.4 cm³/mol. The number of hydrogen-bond acceptors (Lipinski definition) is 2. The molecule has 0 spiro atoms. The molecule has 1 saturated heterocycles. The lowest BCUT2D eigenvalue weighted by molar-refractivity contribution is -0.133. The summed E-state index contributed by atoms with van der Waals surface area (Å²) in [6.07, 6.45) is 0.530. The molecule has 3 heteroatoms. The molecule has 1 aromatic carbocycles. The molecule has 1 aliphatic heterocycles. The van der Waals surface area contributed by atoms with Gasteiger partial charge in [0.25, 0.3) is 0 Å². The molecule has 19 heavy (non-hydrogen) atoms. The molecule has 0 saturated carbocycles. The van der Waals surface area contributed by atoms with Crippen LogP contribution in [-0.4, -0.2) is 36.5 Å². The van der Waals surface area contributed by atoms with Gasteiger partial charge in [-0.2, -0.15) is 0 Å². The molecule has 1 atom stereocenters. The fourth-order valence-corrected chi connectivity index (χ4v) is 2.95. The first-order chi connectivity index (χ1) is 8.99. The Kier molecular flexibility index (Phi) is 4.25. The molecule has 0 radical (unpaired) electrons. The molecule has 0 aromatic heterocycles. The van der Waals surface area contributed by atoms with Crippen LogP contribution in [0.25, 0.3) is 0 Å². The van der Waals surface area contributed by atoms with E-state index in [1.807, 2.05) is 4.90 Å². The van der Waals surface area contributed by atoms with Crippen LogP contribution in [0.15, 0.2) is 12.1 Å². The Morgan fingerprint density at radius 2 is 1.95 bits per heavy atom. The Bertz CT molecular complexity index is 459. The summed E-state index contributed by atoms with van der Waals surface area (Å²) in [5, 5.41) is 3.32. The number of nitrogens with one attached hydrogen (secondary N) is 1. The van der Waals surface area contributed by atoms with Crippen LogP contribution >= 0.6 is 0 Å². The molecule has 3 nitrogen and oxygen atoms in total. The highest BCUT2D eigenvalue weighted by Crippen LogP contribution is 2.18. The van der Waals surface area contributed by atoms with E-state index in [2.05, 4.69) is 45.1 Å². The lowest BCUT2D eigenvalue weighted by Gasteiger charge is -2.34.